The molecule has 2 nitrogen and oxygen atoms in total. The molecule has 0 radical (unpaired) electrons. The molecule has 2 N–H and O–H groups in total. The molecule has 0 heterocycles. The van der Waals surface area contributed by atoms with E-state index < -0.39 is 4.52 Å². The molecule has 0 unspecified atom stereocenters. The van der Waals surface area contributed by atoms with Crippen LogP contribution in [0.1, 0.15) is 12.8 Å². The molecule has 0 rings (SSSR count). The molecule has 0 aliphatic carbocycles. The molecular formula is C5H8Cl2O2. The van der Waals surface area contributed by atoms with Crippen molar-refractivity contribution in [3.05, 3.63) is 12.3 Å². The molecule has 0 aromatic carbocycles. The highest BCUT2D eigenvalue weighted by molar-refractivity contribution is 6.46. The summed E-state index contributed by atoms with van der Waals surface area (Å²) < 4.78 is -1.67. The molecule has 0 spiro atoms. The van der Waals surface area contributed by atoms with Gasteiger partial charge in [0.25, 0.3) is 0 Å². The fraction of sp³-hybridized carbons (Fsp3) is 0.600. The first-order valence-electron chi connectivity index (χ1n) is 2.45. The molecule has 0 aromatic heterocycles. The van der Waals surface area contributed by atoms with Crippen LogP contribution in [0.15, 0.2) is 12.3 Å². The number of aliphatic hydroxyl groups excluding tert-OH is 1. The van der Waals surface area contributed by atoms with Crippen molar-refractivity contribution in [2.45, 2.75) is 17.4 Å². The fourth-order valence-corrected chi connectivity index (χ4v) is 0.550. The molecule has 0 saturated heterocycles. The molecule has 0 amide bonds. The molecule has 0 bridgehead atoms. The fourth-order valence-electron chi connectivity index (χ4n) is 0.332. The number of hydrogen-bond donors (Lipinski definition) is 2. The van der Waals surface area contributed by atoms with Gasteiger partial charge in [-0.25, -0.2) is 0 Å². The summed E-state index contributed by atoms with van der Waals surface area (Å²) in [5, 5.41) is 16.8. The Kier molecular flexibility index (Phi) is 4.02. The molecule has 0 aliphatic heterocycles. The van der Waals surface area contributed by atoms with E-state index in [4.69, 9.17) is 33.4 Å². The highest BCUT2D eigenvalue weighted by Crippen LogP contribution is 2.22. The number of hydrogen-bond acceptors (Lipinski definition) is 2. The van der Waals surface area contributed by atoms with E-state index in [0.29, 0.717) is 6.42 Å². The highest BCUT2D eigenvalue weighted by atomic mass is 35.5. The van der Waals surface area contributed by atoms with Crippen LogP contribution >= 0.6 is 23.2 Å². The number of halogens is 2. The summed E-state index contributed by atoms with van der Waals surface area (Å²) in [6, 6.07) is 0. The Hall–Kier alpha value is 0.0800. The highest BCUT2D eigenvalue weighted by Gasteiger charge is 2.16. The van der Waals surface area contributed by atoms with Crippen LogP contribution in [0.25, 0.3) is 0 Å². The Morgan fingerprint density at radius 2 is 2.00 bits per heavy atom. The molecule has 0 saturated carbocycles. The smallest absolute Gasteiger partial charge is 0.215 e. The Bertz CT molecular complexity index is 95.6. The maximum atomic E-state index is 8.66. The average molecular weight is 171 g/mol. The minimum atomic E-state index is -1.67. The standard InChI is InChI=1S/C5H8Cl2O2/c6-5(7,9)3-1-2-4-8/h2,4,8-9H,1,3H2. The molecule has 0 aromatic rings. The number of aliphatic hydroxyl groups is 2. The summed E-state index contributed by atoms with van der Waals surface area (Å²) in [4.78, 5) is 0. The molecule has 0 aliphatic rings. The lowest BCUT2D eigenvalue weighted by molar-refractivity contribution is 0.205. The molecule has 9 heavy (non-hydrogen) atoms. The Balaban J connectivity index is 3.28. The Labute approximate surface area is 63.7 Å². The van der Waals surface area contributed by atoms with Crippen molar-refractivity contribution in [2.24, 2.45) is 0 Å². The summed E-state index contributed by atoms with van der Waals surface area (Å²) in [6.45, 7) is 0. The third-order valence-corrected chi connectivity index (χ3v) is 1.10. The molecule has 4 heteroatoms. The van der Waals surface area contributed by atoms with Gasteiger partial charge < -0.3 is 10.2 Å². The number of alkyl halides is 2. The van der Waals surface area contributed by atoms with E-state index in [1.807, 2.05) is 0 Å². The zero-order valence-electron chi connectivity index (χ0n) is 4.72. The van der Waals surface area contributed by atoms with Crippen LogP contribution in [0.2, 0.25) is 0 Å². The molecule has 0 atom stereocenters. The first kappa shape index (κ1) is 9.08. The summed E-state index contributed by atoms with van der Waals surface area (Å²) >= 11 is 10.3. The summed E-state index contributed by atoms with van der Waals surface area (Å²) in [5.41, 5.74) is 0. The molecular weight excluding hydrogens is 163 g/mol. The summed E-state index contributed by atoms with van der Waals surface area (Å²) in [7, 11) is 0. The Morgan fingerprint density at radius 1 is 1.44 bits per heavy atom. The van der Waals surface area contributed by atoms with E-state index in [9.17, 15) is 0 Å². The van der Waals surface area contributed by atoms with Gasteiger partial charge in [0.15, 0.2) is 0 Å². The van der Waals surface area contributed by atoms with Gasteiger partial charge in [0.2, 0.25) is 4.52 Å². The lowest BCUT2D eigenvalue weighted by Gasteiger charge is -2.08. The van der Waals surface area contributed by atoms with E-state index in [-0.39, 0.29) is 6.42 Å². The van der Waals surface area contributed by atoms with Crippen LogP contribution in [0.3, 0.4) is 0 Å². The topological polar surface area (TPSA) is 40.5 Å². The van der Waals surface area contributed by atoms with Crippen molar-refractivity contribution in [1.82, 2.24) is 0 Å². The van der Waals surface area contributed by atoms with E-state index in [2.05, 4.69) is 0 Å². The van der Waals surface area contributed by atoms with Crippen molar-refractivity contribution in [1.29, 1.82) is 0 Å². The van der Waals surface area contributed by atoms with Crippen LogP contribution in [-0.4, -0.2) is 14.7 Å². The van der Waals surface area contributed by atoms with Crippen molar-refractivity contribution in [3.63, 3.8) is 0 Å². The third kappa shape index (κ3) is 8.08. The minimum absolute atomic E-state index is 0.215. The third-order valence-electron chi connectivity index (χ3n) is 0.717. The zero-order valence-corrected chi connectivity index (χ0v) is 6.23. The second-order valence-electron chi connectivity index (χ2n) is 1.59. The van der Waals surface area contributed by atoms with Gasteiger partial charge >= 0.3 is 0 Å². The first-order valence-corrected chi connectivity index (χ1v) is 3.21. The predicted octanol–water partition coefficient (Wildman–Crippen LogP) is 1.96. The second kappa shape index (κ2) is 3.99. The van der Waals surface area contributed by atoms with Gasteiger partial charge in [-0.15, -0.1) is 0 Å². The van der Waals surface area contributed by atoms with E-state index >= 15 is 0 Å². The second-order valence-corrected chi connectivity index (χ2v) is 3.03. The maximum absolute atomic E-state index is 8.66. The van der Waals surface area contributed by atoms with E-state index in [1.54, 1.807) is 0 Å². The van der Waals surface area contributed by atoms with Crippen LogP contribution in [0.5, 0.6) is 0 Å². The van der Waals surface area contributed by atoms with Crippen LogP contribution in [-0.2, 0) is 0 Å². The maximum Gasteiger partial charge on any atom is 0.215 e. The van der Waals surface area contributed by atoms with Gasteiger partial charge in [0.1, 0.15) is 0 Å². The zero-order chi connectivity index (χ0) is 7.33. The summed E-state index contributed by atoms with van der Waals surface area (Å²) in [6.07, 6.45) is 3.02. The number of allylic oxidation sites excluding steroid dienone is 1. The van der Waals surface area contributed by atoms with Gasteiger partial charge in [-0.05, 0) is 12.5 Å². The minimum Gasteiger partial charge on any atom is -0.516 e. The van der Waals surface area contributed by atoms with Crippen LogP contribution < -0.4 is 0 Å². The van der Waals surface area contributed by atoms with Crippen molar-refractivity contribution in [2.75, 3.05) is 0 Å². The van der Waals surface area contributed by atoms with Crippen LogP contribution in [0.4, 0.5) is 0 Å². The SMILES string of the molecule is OC=CCCC(O)(Cl)Cl. The van der Waals surface area contributed by atoms with Gasteiger partial charge in [-0.1, -0.05) is 23.2 Å². The van der Waals surface area contributed by atoms with Crippen molar-refractivity contribution in [3.8, 4) is 0 Å². The Morgan fingerprint density at radius 3 is 2.33 bits per heavy atom. The first-order chi connectivity index (χ1) is 4.06. The summed E-state index contributed by atoms with van der Waals surface area (Å²) in [5.74, 6) is 0. The van der Waals surface area contributed by atoms with E-state index in [0.717, 1.165) is 6.26 Å². The quantitative estimate of drug-likeness (QED) is 0.503. The number of rotatable bonds is 3. The lowest BCUT2D eigenvalue weighted by Crippen LogP contribution is -2.09. The monoisotopic (exact) mass is 170 g/mol. The van der Waals surface area contributed by atoms with E-state index in [1.165, 1.54) is 6.08 Å². The van der Waals surface area contributed by atoms with Gasteiger partial charge in [-0.2, -0.15) is 0 Å². The average Bonchev–Trinajstić information content (AvgIpc) is 1.63. The molecule has 0 fully saturated rings. The molecule has 54 valence electrons. The predicted molar refractivity (Wildman–Crippen MR) is 37.7 cm³/mol. The van der Waals surface area contributed by atoms with Crippen LogP contribution in [0, 0.1) is 0 Å². The van der Waals surface area contributed by atoms with Gasteiger partial charge in [0, 0.05) is 6.42 Å². The van der Waals surface area contributed by atoms with Gasteiger partial charge in [0.05, 0.1) is 6.26 Å². The van der Waals surface area contributed by atoms with Gasteiger partial charge in [-0.3, -0.25) is 0 Å². The lowest BCUT2D eigenvalue weighted by atomic mass is 10.3. The normalized spacial score (nSPS) is 12.8. The van der Waals surface area contributed by atoms with Crippen molar-refractivity contribution < 1.29 is 10.2 Å². The van der Waals surface area contributed by atoms with Crippen molar-refractivity contribution >= 4 is 23.2 Å². The largest absolute Gasteiger partial charge is 0.516 e.